The fourth-order valence-electron chi connectivity index (χ4n) is 2.54. The standard InChI is InChI=1S/C17H23NO4/c1-3-22-17(20)16(13(2)19)12-14-4-6-15(7-5-14)18-8-10-21-11-9-18/h4-7,16H,3,8-12H2,1-2H3. The number of hydrogen-bond acceptors (Lipinski definition) is 5. The number of anilines is 1. The van der Waals surface area contributed by atoms with E-state index in [0.29, 0.717) is 13.0 Å². The summed E-state index contributed by atoms with van der Waals surface area (Å²) in [7, 11) is 0. The highest BCUT2D eigenvalue weighted by Crippen LogP contribution is 2.19. The van der Waals surface area contributed by atoms with Crippen molar-refractivity contribution in [2.45, 2.75) is 20.3 Å². The Morgan fingerprint density at radius 3 is 2.41 bits per heavy atom. The smallest absolute Gasteiger partial charge is 0.316 e. The quantitative estimate of drug-likeness (QED) is 0.593. The highest BCUT2D eigenvalue weighted by atomic mass is 16.5. The van der Waals surface area contributed by atoms with Gasteiger partial charge in [0.2, 0.25) is 0 Å². The lowest BCUT2D eigenvalue weighted by Gasteiger charge is -2.29. The van der Waals surface area contributed by atoms with Crippen molar-refractivity contribution in [2.24, 2.45) is 5.92 Å². The molecular weight excluding hydrogens is 282 g/mol. The minimum absolute atomic E-state index is 0.157. The molecule has 1 aromatic carbocycles. The van der Waals surface area contributed by atoms with Crippen molar-refractivity contribution >= 4 is 17.4 Å². The molecule has 5 nitrogen and oxygen atoms in total. The van der Waals surface area contributed by atoms with Gasteiger partial charge in [-0.1, -0.05) is 12.1 Å². The van der Waals surface area contributed by atoms with Gasteiger partial charge in [0.05, 0.1) is 19.8 Å². The van der Waals surface area contributed by atoms with Crippen molar-refractivity contribution in [1.29, 1.82) is 0 Å². The van der Waals surface area contributed by atoms with Gasteiger partial charge in [-0.2, -0.15) is 0 Å². The van der Waals surface area contributed by atoms with Crippen molar-refractivity contribution in [1.82, 2.24) is 0 Å². The van der Waals surface area contributed by atoms with E-state index >= 15 is 0 Å². The Kier molecular flexibility index (Phi) is 5.95. The first kappa shape index (κ1) is 16.5. The van der Waals surface area contributed by atoms with Crippen LogP contribution in [0.15, 0.2) is 24.3 Å². The molecule has 1 heterocycles. The summed E-state index contributed by atoms with van der Waals surface area (Å²) in [5, 5.41) is 0. The lowest BCUT2D eigenvalue weighted by atomic mass is 9.96. The van der Waals surface area contributed by atoms with E-state index in [4.69, 9.17) is 9.47 Å². The second kappa shape index (κ2) is 7.94. The Morgan fingerprint density at radius 1 is 1.23 bits per heavy atom. The largest absolute Gasteiger partial charge is 0.465 e. The first-order valence-electron chi connectivity index (χ1n) is 7.70. The number of benzene rings is 1. The monoisotopic (exact) mass is 305 g/mol. The van der Waals surface area contributed by atoms with Gasteiger partial charge in [-0.25, -0.2) is 0 Å². The van der Waals surface area contributed by atoms with Gasteiger partial charge >= 0.3 is 5.97 Å². The number of nitrogens with zero attached hydrogens (tertiary/aromatic N) is 1. The number of hydrogen-bond donors (Lipinski definition) is 0. The molecular formula is C17H23NO4. The highest BCUT2D eigenvalue weighted by Gasteiger charge is 2.25. The summed E-state index contributed by atoms with van der Waals surface area (Å²) in [6.45, 7) is 6.74. The van der Waals surface area contributed by atoms with Crippen LogP contribution in [0.5, 0.6) is 0 Å². The van der Waals surface area contributed by atoms with Crippen LogP contribution in [0.4, 0.5) is 5.69 Å². The molecule has 120 valence electrons. The third kappa shape index (κ3) is 4.31. The molecule has 5 heteroatoms. The lowest BCUT2D eigenvalue weighted by molar-refractivity contribution is -0.151. The zero-order chi connectivity index (χ0) is 15.9. The van der Waals surface area contributed by atoms with E-state index in [1.54, 1.807) is 6.92 Å². The number of Topliss-reactive ketones (excluding diaryl/α,β-unsaturated/α-hetero) is 1. The summed E-state index contributed by atoms with van der Waals surface area (Å²) >= 11 is 0. The molecule has 1 aromatic rings. The summed E-state index contributed by atoms with van der Waals surface area (Å²) < 4.78 is 10.3. The minimum Gasteiger partial charge on any atom is -0.465 e. The van der Waals surface area contributed by atoms with Gasteiger partial charge < -0.3 is 14.4 Å². The first-order chi connectivity index (χ1) is 10.6. The molecule has 0 bridgehead atoms. The van der Waals surface area contributed by atoms with Crippen molar-refractivity contribution < 1.29 is 19.1 Å². The van der Waals surface area contributed by atoms with Crippen LogP contribution in [0.1, 0.15) is 19.4 Å². The van der Waals surface area contributed by atoms with E-state index in [1.807, 2.05) is 24.3 Å². The average Bonchev–Trinajstić information content (AvgIpc) is 2.54. The molecule has 1 aliphatic heterocycles. The molecule has 0 spiro atoms. The number of ether oxygens (including phenoxy) is 2. The van der Waals surface area contributed by atoms with Gasteiger partial charge in [0.1, 0.15) is 11.7 Å². The van der Waals surface area contributed by atoms with E-state index < -0.39 is 11.9 Å². The van der Waals surface area contributed by atoms with Gasteiger partial charge in [0.25, 0.3) is 0 Å². The van der Waals surface area contributed by atoms with Gasteiger partial charge in [-0.05, 0) is 38.0 Å². The maximum absolute atomic E-state index is 11.8. The Bertz CT molecular complexity index is 506. The van der Waals surface area contributed by atoms with Gasteiger partial charge in [-0.15, -0.1) is 0 Å². The van der Waals surface area contributed by atoms with Crippen molar-refractivity contribution in [3.05, 3.63) is 29.8 Å². The fraction of sp³-hybridized carbons (Fsp3) is 0.529. The first-order valence-corrected chi connectivity index (χ1v) is 7.70. The van der Waals surface area contributed by atoms with E-state index in [0.717, 1.165) is 37.6 Å². The molecule has 0 saturated carbocycles. The molecule has 1 aliphatic rings. The average molecular weight is 305 g/mol. The normalized spacial score (nSPS) is 16.2. The molecule has 1 unspecified atom stereocenters. The topological polar surface area (TPSA) is 55.8 Å². The van der Waals surface area contributed by atoms with E-state index in [1.165, 1.54) is 6.92 Å². The van der Waals surface area contributed by atoms with Crippen LogP contribution >= 0.6 is 0 Å². The van der Waals surface area contributed by atoms with Crippen molar-refractivity contribution in [3.63, 3.8) is 0 Å². The number of carbonyl (C=O) groups is 2. The predicted molar refractivity (Wildman–Crippen MR) is 84.0 cm³/mol. The van der Waals surface area contributed by atoms with E-state index in [-0.39, 0.29) is 5.78 Å². The van der Waals surface area contributed by atoms with Crippen LogP contribution in [0, 0.1) is 5.92 Å². The van der Waals surface area contributed by atoms with Crippen LogP contribution in [0.2, 0.25) is 0 Å². The SMILES string of the molecule is CCOC(=O)C(Cc1ccc(N2CCOCC2)cc1)C(C)=O. The number of esters is 1. The summed E-state index contributed by atoms with van der Waals surface area (Å²) in [4.78, 5) is 25.8. The molecule has 1 fully saturated rings. The summed E-state index contributed by atoms with van der Waals surface area (Å²) in [5.41, 5.74) is 2.10. The molecule has 0 amide bonds. The van der Waals surface area contributed by atoms with E-state index in [2.05, 4.69) is 4.90 Å². The Labute approximate surface area is 131 Å². The van der Waals surface area contributed by atoms with Crippen LogP contribution in [0.25, 0.3) is 0 Å². The molecule has 1 atom stereocenters. The van der Waals surface area contributed by atoms with Crippen molar-refractivity contribution in [3.8, 4) is 0 Å². The molecule has 0 N–H and O–H groups in total. The molecule has 0 radical (unpaired) electrons. The summed E-state index contributed by atoms with van der Waals surface area (Å²) in [5.74, 6) is -1.31. The molecule has 2 rings (SSSR count). The Hall–Kier alpha value is -1.88. The zero-order valence-electron chi connectivity index (χ0n) is 13.2. The third-order valence-corrected chi connectivity index (χ3v) is 3.81. The lowest BCUT2D eigenvalue weighted by Crippen LogP contribution is -2.36. The Balaban J connectivity index is 2.02. The van der Waals surface area contributed by atoms with Crippen molar-refractivity contribution in [2.75, 3.05) is 37.8 Å². The maximum atomic E-state index is 11.8. The number of morpholine rings is 1. The highest BCUT2D eigenvalue weighted by molar-refractivity contribution is 5.98. The number of carbonyl (C=O) groups excluding carboxylic acids is 2. The second-order valence-electron chi connectivity index (χ2n) is 5.39. The van der Waals surface area contributed by atoms with Crippen LogP contribution < -0.4 is 4.90 Å². The minimum atomic E-state index is -0.714. The summed E-state index contributed by atoms with van der Waals surface area (Å²) in [6, 6.07) is 8.01. The Morgan fingerprint density at radius 2 is 1.86 bits per heavy atom. The van der Waals surface area contributed by atoms with Crippen LogP contribution in [-0.4, -0.2) is 44.7 Å². The van der Waals surface area contributed by atoms with Crippen LogP contribution in [0.3, 0.4) is 0 Å². The third-order valence-electron chi connectivity index (χ3n) is 3.81. The van der Waals surface area contributed by atoms with Gasteiger partial charge in [0.15, 0.2) is 0 Å². The van der Waals surface area contributed by atoms with Gasteiger partial charge in [-0.3, -0.25) is 9.59 Å². The molecule has 1 saturated heterocycles. The maximum Gasteiger partial charge on any atom is 0.316 e. The molecule has 22 heavy (non-hydrogen) atoms. The van der Waals surface area contributed by atoms with Crippen LogP contribution in [-0.2, 0) is 25.5 Å². The molecule has 0 aliphatic carbocycles. The fourth-order valence-corrected chi connectivity index (χ4v) is 2.54. The number of ketones is 1. The van der Waals surface area contributed by atoms with Gasteiger partial charge in [0, 0.05) is 18.8 Å². The summed E-state index contributed by atoms with van der Waals surface area (Å²) in [6.07, 6.45) is 0.386. The second-order valence-corrected chi connectivity index (χ2v) is 5.39. The van der Waals surface area contributed by atoms with E-state index in [9.17, 15) is 9.59 Å². The molecule has 0 aromatic heterocycles. The predicted octanol–water partition coefficient (Wildman–Crippen LogP) is 1.83. The zero-order valence-corrected chi connectivity index (χ0v) is 13.2. The number of rotatable bonds is 6.